The van der Waals surface area contributed by atoms with Crippen LogP contribution in [0.25, 0.3) is 21.6 Å². The second-order valence-corrected chi connectivity index (χ2v) is 10.0. The van der Waals surface area contributed by atoms with Gasteiger partial charge >= 0.3 is 0 Å². The average molecular weight is 491 g/mol. The lowest BCUT2D eigenvalue weighted by Gasteiger charge is -2.18. The number of aliphatic hydroxyl groups is 1. The second-order valence-electron chi connectivity index (χ2n) is 8.99. The fourth-order valence-electron chi connectivity index (χ4n) is 4.70. The molecule has 1 amide bonds. The van der Waals surface area contributed by atoms with Crippen molar-refractivity contribution >= 4 is 22.9 Å². The summed E-state index contributed by atoms with van der Waals surface area (Å²) in [7, 11) is 0. The quantitative estimate of drug-likeness (QED) is 0.576. The van der Waals surface area contributed by atoms with Gasteiger partial charge in [0.1, 0.15) is 11.9 Å². The van der Waals surface area contributed by atoms with Crippen LogP contribution in [0.4, 0.5) is 10.1 Å². The number of rotatable bonds is 4. The zero-order valence-electron chi connectivity index (χ0n) is 19.3. The molecule has 180 valence electrons. The van der Waals surface area contributed by atoms with Crippen LogP contribution in [0, 0.1) is 17.1 Å². The molecule has 2 saturated heterocycles. The summed E-state index contributed by atoms with van der Waals surface area (Å²) in [4.78, 5) is 18.9. The number of nitrogens with one attached hydrogen (secondary N) is 1. The van der Waals surface area contributed by atoms with Crippen molar-refractivity contribution in [2.75, 3.05) is 44.2 Å². The molecule has 5 rings (SSSR count). The monoisotopic (exact) mass is 490 g/mol. The largest absolute Gasteiger partial charge is 0.391 e. The van der Waals surface area contributed by atoms with E-state index in [4.69, 9.17) is 5.26 Å². The van der Waals surface area contributed by atoms with Crippen LogP contribution in [0.15, 0.2) is 48.5 Å². The Morgan fingerprint density at radius 3 is 2.60 bits per heavy atom. The van der Waals surface area contributed by atoms with Crippen LogP contribution < -0.4 is 10.2 Å². The number of hydrogen-bond acceptors (Lipinski definition) is 6. The van der Waals surface area contributed by atoms with Gasteiger partial charge < -0.3 is 20.2 Å². The first-order chi connectivity index (χ1) is 17.0. The van der Waals surface area contributed by atoms with Gasteiger partial charge in [0.15, 0.2) is 0 Å². The highest BCUT2D eigenvalue weighted by molar-refractivity contribution is 7.18. The molecule has 1 atom stereocenters. The van der Waals surface area contributed by atoms with E-state index in [-0.39, 0.29) is 17.6 Å². The number of halogens is 1. The number of nitriles is 1. The number of β-amino-alcohol motifs (C(OH)–C–C–N with tert-alkyl or cyclic N) is 1. The molecule has 2 fully saturated rings. The van der Waals surface area contributed by atoms with Crippen molar-refractivity contribution in [2.24, 2.45) is 0 Å². The fraction of sp³-hybridized carbons (Fsp3) is 0.333. The van der Waals surface area contributed by atoms with Crippen molar-refractivity contribution in [1.82, 2.24) is 10.2 Å². The summed E-state index contributed by atoms with van der Waals surface area (Å²) in [6.45, 7) is 4.47. The van der Waals surface area contributed by atoms with Gasteiger partial charge in [-0.3, -0.25) is 4.79 Å². The number of carbonyl (C=O) groups excluding carboxylic acids is 1. The molecule has 8 heteroatoms. The maximum absolute atomic E-state index is 14.5. The van der Waals surface area contributed by atoms with Crippen molar-refractivity contribution in [2.45, 2.75) is 18.9 Å². The lowest BCUT2D eigenvalue weighted by molar-refractivity contribution is 0.0771. The van der Waals surface area contributed by atoms with E-state index >= 15 is 0 Å². The van der Waals surface area contributed by atoms with Gasteiger partial charge in [0, 0.05) is 48.9 Å². The first kappa shape index (κ1) is 23.5. The number of carbonyl (C=O) groups is 1. The van der Waals surface area contributed by atoms with Gasteiger partial charge in [-0.05, 0) is 60.8 Å². The molecule has 2 aliphatic rings. The standard InChI is InChI=1S/C27H27FN4O2S/c28-24-14-19(2-3-20(24)16-29)23-15-25(27(34)31-11-1-9-30-10-13-31)35-26(23)18-4-6-21(7-5-18)32-12-8-22(33)17-32/h2-7,14-15,22,30,33H,1,8-13,17H2/t22-/m0/s1. The van der Waals surface area contributed by atoms with E-state index in [1.54, 1.807) is 6.07 Å². The van der Waals surface area contributed by atoms with Crippen molar-refractivity contribution in [3.63, 3.8) is 0 Å². The lowest BCUT2D eigenvalue weighted by atomic mass is 10.0. The van der Waals surface area contributed by atoms with Gasteiger partial charge in [-0.1, -0.05) is 18.2 Å². The van der Waals surface area contributed by atoms with Crippen LogP contribution in [0.2, 0.25) is 0 Å². The first-order valence-electron chi connectivity index (χ1n) is 11.9. The number of hydrogen-bond donors (Lipinski definition) is 2. The third-order valence-electron chi connectivity index (χ3n) is 6.63. The number of aliphatic hydroxyl groups excluding tert-OH is 1. The molecule has 1 aromatic heterocycles. The Morgan fingerprint density at radius 2 is 1.89 bits per heavy atom. The Kier molecular flexibility index (Phi) is 6.82. The minimum atomic E-state index is -0.573. The van der Waals surface area contributed by atoms with Gasteiger partial charge in [-0.2, -0.15) is 5.26 Å². The SMILES string of the molecule is N#Cc1ccc(-c2cc(C(=O)N3CCCNCC3)sc2-c2ccc(N3CC[C@H](O)C3)cc2)cc1F. The van der Waals surface area contributed by atoms with E-state index in [9.17, 15) is 14.3 Å². The summed E-state index contributed by atoms with van der Waals surface area (Å²) in [5.41, 5.74) is 3.39. The minimum Gasteiger partial charge on any atom is -0.391 e. The summed E-state index contributed by atoms with van der Waals surface area (Å²) >= 11 is 1.42. The Balaban J connectivity index is 1.52. The smallest absolute Gasteiger partial charge is 0.264 e. The Labute approximate surface area is 208 Å². The number of benzene rings is 2. The average Bonchev–Trinajstić information content (AvgIpc) is 3.42. The van der Waals surface area contributed by atoms with E-state index in [0.717, 1.165) is 54.2 Å². The minimum absolute atomic E-state index is 0.00366. The highest BCUT2D eigenvalue weighted by Crippen LogP contribution is 2.41. The molecule has 0 saturated carbocycles. The predicted molar refractivity (Wildman–Crippen MR) is 136 cm³/mol. The maximum atomic E-state index is 14.5. The fourth-order valence-corrected chi connectivity index (χ4v) is 5.86. The van der Waals surface area contributed by atoms with Crippen molar-refractivity contribution in [3.05, 3.63) is 64.8 Å². The zero-order chi connectivity index (χ0) is 24.4. The Hall–Kier alpha value is -3.25. The molecule has 3 heterocycles. The molecule has 35 heavy (non-hydrogen) atoms. The molecule has 0 spiro atoms. The van der Waals surface area contributed by atoms with E-state index in [1.807, 2.05) is 41.3 Å². The first-order valence-corrected chi connectivity index (χ1v) is 12.7. The second kappa shape index (κ2) is 10.2. The molecule has 0 unspecified atom stereocenters. The molecule has 3 aromatic rings. The van der Waals surface area contributed by atoms with E-state index < -0.39 is 5.82 Å². The summed E-state index contributed by atoms with van der Waals surface area (Å²) in [6, 6.07) is 16.4. The molecule has 0 bridgehead atoms. The van der Waals surface area contributed by atoms with Crippen LogP contribution in [0.5, 0.6) is 0 Å². The van der Waals surface area contributed by atoms with Gasteiger partial charge in [-0.25, -0.2) is 4.39 Å². The topological polar surface area (TPSA) is 79.6 Å². The van der Waals surface area contributed by atoms with Crippen LogP contribution in [-0.4, -0.2) is 61.3 Å². The highest BCUT2D eigenvalue weighted by Gasteiger charge is 2.24. The normalized spacial score (nSPS) is 18.4. The van der Waals surface area contributed by atoms with Gasteiger partial charge in [0.25, 0.3) is 5.91 Å². The Bertz CT molecular complexity index is 1260. The zero-order valence-corrected chi connectivity index (χ0v) is 20.2. The van der Waals surface area contributed by atoms with Gasteiger partial charge in [0.05, 0.1) is 16.5 Å². The Morgan fingerprint density at radius 1 is 1.09 bits per heavy atom. The molecule has 2 aromatic carbocycles. The molecule has 0 radical (unpaired) electrons. The molecule has 0 aliphatic carbocycles. The van der Waals surface area contributed by atoms with Crippen molar-refractivity contribution < 1.29 is 14.3 Å². The third kappa shape index (κ3) is 4.94. The molecular formula is C27H27FN4O2S. The number of thiophene rings is 1. The number of nitrogens with zero attached hydrogens (tertiary/aromatic N) is 3. The predicted octanol–water partition coefficient (Wildman–Crippen LogP) is 4.10. The molecule has 2 aliphatic heterocycles. The molecule has 2 N–H and O–H groups in total. The van der Waals surface area contributed by atoms with Crippen LogP contribution >= 0.6 is 11.3 Å². The number of anilines is 1. The van der Waals surface area contributed by atoms with E-state index in [2.05, 4.69) is 10.2 Å². The van der Waals surface area contributed by atoms with Crippen LogP contribution in [-0.2, 0) is 0 Å². The molecule has 6 nitrogen and oxygen atoms in total. The van der Waals surface area contributed by atoms with Gasteiger partial charge in [-0.15, -0.1) is 11.3 Å². The van der Waals surface area contributed by atoms with Crippen LogP contribution in [0.1, 0.15) is 28.1 Å². The van der Waals surface area contributed by atoms with Crippen molar-refractivity contribution in [1.29, 1.82) is 5.26 Å². The summed E-state index contributed by atoms with van der Waals surface area (Å²) < 4.78 is 14.5. The summed E-state index contributed by atoms with van der Waals surface area (Å²) in [5.74, 6) is -0.584. The van der Waals surface area contributed by atoms with Crippen molar-refractivity contribution in [3.8, 4) is 27.6 Å². The summed E-state index contributed by atoms with van der Waals surface area (Å²) in [6.07, 6.45) is 1.37. The number of amides is 1. The van der Waals surface area contributed by atoms with E-state index in [1.165, 1.54) is 23.5 Å². The van der Waals surface area contributed by atoms with E-state index in [0.29, 0.717) is 30.1 Å². The van der Waals surface area contributed by atoms with Crippen LogP contribution in [0.3, 0.4) is 0 Å². The highest BCUT2D eigenvalue weighted by atomic mass is 32.1. The maximum Gasteiger partial charge on any atom is 0.264 e. The molecular weight excluding hydrogens is 463 g/mol. The lowest BCUT2D eigenvalue weighted by Crippen LogP contribution is -2.33. The third-order valence-corrected chi connectivity index (χ3v) is 7.80. The summed E-state index contributed by atoms with van der Waals surface area (Å²) in [5, 5.41) is 22.3. The van der Waals surface area contributed by atoms with Gasteiger partial charge in [0.2, 0.25) is 0 Å².